The Morgan fingerprint density at radius 2 is 2.00 bits per heavy atom. The average Bonchev–Trinajstić information content (AvgIpc) is 3.25. The fourth-order valence-electron chi connectivity index (χ4n) is 7.35. The predicted molar refractivity (Wildman–Crippen MR) is 114 cm³/mol. The van der Waals surface area contributed by atoms with Gasteiger partial charge in [0.05, 0.1) is 11.8 Å². The summed E-state index contributed by atoms with van der Waals surface area (Å²) >= 11 is 0. The molecule has 0 amide bonds. The normalized spacial score (nSPS) is 43.0. The molecule has 4 nitrogen and oxygen atoms in total. The molecule has 1 aromatic heterocycles. The molecule has 1 heterocycles. The number of carbonyl (C=O) groups excluding carboxylic acids is 1. The Morgan fingerprint density at radius 3 is 2.79 bits per heavy atom. The Morgan fingerprint density at radius 1 is 1.21 bits per heavy atom. The molecule has 4 aliphatic carbocycles. The van der Waals surface area contributed by atoms with E-state index < -0.39 is 0 Å². The smallest absolute Gasteiger partial charge is 0.165 e. The molecular formula is C25H34N2O2. The lowest BCUT2D eigenvalue weighted by Crippen LogP contribution is -2.50. The van der Waals surface area contributed by atoms with Crippen LogP contribution in [0.25, 0.3) is 6.08 Å². The highest BCUT2D eigenvalue weighted by molar-refractivity contribution is 6.05. The van der Waals surface area contributed by atoms with E-state index in [-0.39, 0.29) is 16.9 Å². The second-order valence-electron chi connectivity index (χ2n) is 10.4. The summed E-state index contributed by atoms with van der Waals surface area (Å²) in [7, 11) is 0. The van der Waals surface area contributed by atoms with E-state index in [9.17, 15) is 9.90 Å². The van der Waals surface area contributed by atoms with E-state index >= 15 is 0 Å². The van der Waals surface area contributed by atoms with Gasteiger partial charge in [0.2, 0.25) is 0 Å². The van der Waals surface area contributed by atoms with Gasteiger partial charge in [-0.25, -0.2) is 0 Å². The lowest BCUT2D eigenvalue weighted by atomic mass is 9.48. The average molecular weight is 395 g/mol. The van der Waals surface area contributed by atoms with Crippen molar-refractivity contribution in [2.75, 3.05) is 0 Å². The molecule has 6 unspecified atom stereocenters. The van der Waals surface area contributed by atoms with E-state index in [2.05, 4.69) is 38.0 Å². The quantitative estimate of drug-likeness (QED) is 0.580. The van der Waals surface area contributed by atoms with Gasteiger partial charge in [-0.2, -0.15) is 5.10 Å². The summed E-state index contributed by atoms with van der Waals surface area (Å²) in [4.78, 5) is 13.5. The standard InChI is InChI=1S/C25H34N2O2/c1-4-27-18(9-12-26-27)13-16-14-22-20-6-5-17-15-19(28)7-10-24(17,2)21(20)8-11-25(22,3)23(16)29/h5,9,12-13,19-22,28H,4,6-8,10-11,14-15H2,1-3H3/b16-13-. The van der Waals surface area contributed by atoms with E-state index in [0.29, 0.717) is 23.5 Å². The SMILES string of the molecule is CCn1nccc1/C=C1/CC2C3CC=C4CC(O)CCC4(C)C3CCC2(C)C1=O. The molecule has 1 N–H and O–H groups in total. The third-order valence-corrected chi connectivity index (χ3v) is 9.09. The molecule has 1 aromatic rings. The molecule has 5 rings (SSSR count). The van der Waals surface area contributed by atoms with Gasteiger partial charge >= 0.3 is 0 Å². The Bertz CT molecular complexity index is 896. The number of allylic oxidation sites excluding steroid dienone is 2. The maximum atomic E-state index is 13.5. The van der Waals surface area contributed by atoms with Crippen molar-refractivity contribution in [1.29, 1.82) is 0 Å². The van der Waals surface area contributed by atoms with Crippen LogP contribution in [0.2, 0.25) is 0 Å². The van der Waals surface area contributed by atoms with Crippen molar-refractivity contribution in [3.05, 3.63) is 35.2 Å². The van der Waals surface area contributed by atoms with Gasteiger partial charge in [-0.3, -0.25) is 9.48 Å². The molecule has 0 radical (unpaired) electrons. The summed E-state index contributed by atoms with van der Waals surface area (Å²) in [5, 5.41) is 14.6. The summed E-state index contributed by atoms with van der Waals surface area (Å²) in [5.74, 6) is 2.06. The number of aliphatic hydroxyl groups excluding tert-OH is 1. The third kappa shape index (κ3) is 2.74. The van der Waals surface area contributed by atoms with Crippen LogP contribution in [-0.2, 0) is 11.3 Å². The van der Waals surface area contributed by atoms with E-state index in [1.807, 2.05) is 16.9 Å². The first kappa shape index (κ1) is 19.3. The van der Waals surface area contributed by atoms with Crippen LogP contribution in [0.1, 0.15) is 71.4 Å². The number of aliphatic hydroxyl groups is 1. The number of carbonyl (C=O) groups is 1. The molecule has 3 saturated carbocycles. The topological polar surface area (TPSA) is 55.1 Å². The first-order valence-electron chi connectivity index (χ1n) is 11.5. The summed E-state index contributed by atoms with van der Waals surface area (Å²) < 4.78 is 1.97. The number of fused-ring (bicyclic) bond motifs is 5. The zero-order valence-corrected chi connectivity index (χ0v) is 18.0. The lowest BCUT2D eigenvalue weighted by Gasteiger charge is -2.56. The highest BCUT2D eigenvalue weighted by Crippen LogP contribution is 2.64. The van der Waals surface area contributed by atoms with E-state index in [4.69, 9.17) is 0 Å². The minimum Gasteiger partial charge on any atom is -0.393 e. The van der Waals surface area contributed by atoms with Crippen LogP contribution in [0.3, 0.4) is 0 Å². The number of nitrogens with zero attached hydrogens (tertiary/aromatic N) is 2. The van der Waals surface area contributed by atoms with Gasteiger partial charge in [0.25, 0.3) is 0 Å². The van der Waals surface area contributed by atoms with Crippen molar-refractivity contribution < 1.29 is 9.90 Å². The Balaban J connectivity index is 1.48. The number of aryl methyl sites for hydroxylation is 1. The third-order valence-electron chi connectivity index (χ3n) is 9.09. The van der Waals surface area contributed by atoms with E-state index in [0.717, 1.165) is 62.8 Å². The maximum Gasteiger partial charge on any atom is 0.165 e. The molecule has 0 aliphatic heterocycles. The highest BCUT2D eigenvalue weighted by atomic mass is 16.3. The minimum absolute atomic E-state index is 0.161. The molecule has 4 heteroatoms. The second kappa shape index (κ2) is 6.66. The van der Waals surface area contributed by atoms with Crippen molar-refractivity contribution in [3.8, 4) is 0 Å². The van der Waals surface area contributed by atoms with Gasteiger partial charge < -0.3 is 5.11 Å². The van der Waals surface area contributed by atoms with E-state index in [1.165, 1.54) is 5.57 Å². The number of rotatable bonds is 2. The van der Waals surface area contributed by atoms with Crippen molar-refractivity contribution in [2.45, 2.75) is 78.4 Å². The molecule has 6 atom stereocenters. The molecule has 3 fully saturated rings. The van der Waals surface area contributed by atoms with E-state index in [1.54, 1.807) is 0 Å². The minimum atomic E-state index is -0.208. The Hall–Kier alpha value is -1.68. The number of hydrogen-bond acceptors (Lipinski definition) is 3. The van der Waals surface area contributed by atoms with Crippen LogP contribution in [0, 0.1) is 28.6 Å². The number of Topliss-reactive ketones (excluding diaryl/α,β-unsaturated/α-hetero) is 1. The number of aromatic nitrogens is 2. The van der Waals surface area contributed by atoms with Crippen LogP contribution in [-0.4, -0.2) is 26.8 Å². The van der Waals surface area contributed by atoms with Crippen molar-refractivity contribution in [3.63, 3.8) is 0 Å². The molecular weight excluding hydrogens is 360 g/mol. The van der Waals surface area contributed by atoms with Gasteiger partial charge in [-0.15, -0.1) is 0 Å². The van der Waals surface area contributed by atoms with Crippen molar-refractivity contribution in [2.24, 2.45) is 28.6 Å². The number of hydrogen-bond donors (Lipinski definition) is 1. The highest BCUT2D eigenvalue weighted by Gasteiger charge is 2.59. The first-order chi connectivity index (χ1) is 13.9. The second-order valence-corrected chi connectivity index (χ2v) is 10.4. The molecule has 4 aliphatic rings. The van der Waals surface area contributed by atoms with Crippen molar-refractivity contribution >= 4 is 11.9 Å². The molecule has 156 valence electrons. The summed E-state index contributed by atoms with van der Waals surface area (Å²) in [6.45, 7) is 7.59. The van der Waals surface area contributed by atoms with Gasteiger partial charge in [-0.1, -0.05) is 25.5 Å². The zero-order valence-electron chi connectivity index (χ0n) is 18.0. The number of ketones is 1. The van der Waals surface area contributed by atoms with Crippen LogP contribution in [0.15, 0.2) is 29.5 Å². The first-order valence-corrected chi connectivity index (χ1v) is 11.5. The van der Waals surface area contributed by atoms with Crippen LogP contribution in [0.5, 0.6) is 0 Å². The molecule has 0 saturated heterocycles. The van der Waals surface area contributed by atoms with Crippen LogP contribution >= 0.6 is 0 Å². The largest absolute Gasteiger partial charge is 0.393 e. The molecule has 0 bridgehead atoms. The summed E-state index contributed by atoms with van der Waals surface area (Å²) in [6, 6.07) is 2.01. The van der Waals surface area contributed by atoms with Gasteiger partial charge in [0.15, 0.2) is 5.78 Å². The lowest BCUT2D eigenvalue weighted by molar-refractivity contribution is -0.130. The summed E-state index contributed by atoms with van der Waals surface area (Å²) in [6.07, 6.45) is 13.2. The molecule has 0 spiro atoms. The van der Waals surface area contributed by atoms with Gasteiger partial charge in [0, 0.05) is 18.2 Å². The fraction of sp³-hybridized carbons (Fsp3) is 0.680. The maximum absolute atomic E-state index is 13.5. The zero-order chi connectivity index (χ0) is 20.4. The predicted octanol–water partition coefficient (Wildman–Crippen LogP) is 4.79. The van der Waals surface area contributed by atoms with Crippen LogP contribution < -0.4 is 0 Å². The van der Waals surface area contributed by atoms with Gasteiger partial charge in [0.1, 0.15) is 0 Å². The van der Waals surface area contributed by atoms with Crippen molar-refractivity contribution in [1.82, 2.24) is 9.78 Å². The monoisotopic (exact) mass is 394 g/mol. The Kier molecular flexibility index (Phi) is 4.43. The Labute approximate surface area is 174 Å². The van der Waals surface area contributed by atoms with Gasteiger partial charge in [-0.05, 0) is 92.8 Å². The summed E-state index contributed by atoms with van der Waals surface area (Å²) in [5.41, 5.74) is 3.56. The van der Waals surface area contributed by atoms with Crippen LogP contribution in [0.4, 0.5) is 0 Å². The fourth-order valence-corrected chi connectivity index (χ4v) is 7.35. The molecule has 29 heavy (non-hydrogen) atoms. The molecule has 0 aromatic carbocycles.